The van der Waals surface area contributed by atoms with Gasteiger partial charge in [-0.3, -0.25) is 0 Å². The van der Waals surface area contributed by atoms with Gasteiger partial charge in [0.2, 0.25) is 0 Å². The van der Waals surface area contributed by atoms with Crippen molar-refractivity contribution in [1.29, 1.82) is 0 Å². The minimum atomic E-state index is -0.552. The number of carbonyl (C=O) groups excluding carboxylic acids is 2. The van der Waals surface area contributed by atoms with Crippen LogP contribution < -0.4 is 0 Å². The summed E-state index contributed by atoms with van der Waals surface area (Å²) >= 11 is 0. The van der Waals surface area contributed by atoms with Crippen molar-refractivity contribution < 1.29 is 19.1 Å². The molecule has 1 aliphatic heterocycles. The minimum Gasteiger partial charge on any atom is -0.421 e. The van der Waals surface area contributed by atoms with Gasteiger partial charge in [-0.15, -0.1) is 0 Å². The fraction of sp³-hybridized carbons (Fsp3) is 0.700. The van der Waals surface area contributed by atoms with E-state index in [-0.39, 0.29) is 5.60 Å². The lowest BCUT2D eigenvalue weighted by molar-refractivity contribution is -0.170. The third-order valence-corrected chi connectivity index (χ3v) is 2.19. The number of carbonyl (C=O) groups is 1. The van der Waals surface area contributed by atoms with E-state index >= 15 is 0 Å². The molecule has 0 aliphatic carbocycles. The normalized spacial score (nSPS) is 24.9. The molecule has 0 N–H and O–H groups in total. The molecule has 1 aliphatic rings. The van der Waals surface area contributed by atoms with Crippen molar-refractivity contribution in [2.45, 2.75) is 44.8 Å². The molecule has 4 nitrogen and oxygen atoms in total. The predicted molar refractivity (Wildman–Crippen MR) is 49.2 cm³/mol. The van der Waals surface area contributed by atoms with Crippen molar-refractivity contribution >= 4 is 11.9 Å². The van der Waals surface area contributed by atoms with Crippen LogP contribution in [0.1, 0.15) is 33.1 Å². The molecule has 4 heteroatoms. The SMILES string of the molecule is CC1(C)CCCC(C(=O)OC=C=O)O1. The van der Waals surface area contributed by atoms with E-state index in [0.717, 1.165) is 12.8 Å². The van der Waals surface area contributed by atoms with Crippen molar-refractivity contribution in [3.8, 4) is 0 Å². The van der Waals surface area contributed by atoms with E-state index in [0.29, 0.717) is 12.7 Å². The average Bonchev–Trinajstić information content (AvgIpc) is 2.12. The Balaban J connectivity index is 2.51. The Bertz CT molecular complexity index is 263. The van der Waals surface area contributed by atoms with E-state index in [1.165, 1.54) is 5.94 Å². The van der Waals surface area contributed by atoms with Crippen molar-refractivity contribution in [3.63, 3.8) is 0 Å². The summed E-state index contributed by atoms with van der Waals surface area (Å²) in [6.07, 6.45) is 2.67. The molecule has 0 aromatic heterocycles. The molecular weight excluding hydrogens is 184 g/mol. The van der Waals surface area contributed by atoms with Gasteiger partial charge in [0.15, 0.2) is 18.3 Å². The van der Waals surface area contributed by atoms with Crippen molar-refractivity contribution in [1.82, 2.24) is 0 Å². The lowest BCUT2D eigenvalue weighted by Crippen LogP contribution is -2.39. The third-order valence-electron chi connectivity index (χ3n) is 2.19. The van der Waals surface area contributed by atoms with Gasteiger partial charge in [0.25, 0.3) is 0 Å². The predicted octanol–water partition coefficient (Wildman–Crippen LogP) is 1.22. The smallest absolute Gasteiger partial charge is 0.340 e. The van der Waals surface area contributed by atoms with Crippen LogP contribution in [0.4, 0.5) is 0 Å². The first-order valence-corrected chi connectivity index (χ1v) is 4.63. The van der Waals surface area contributed by atoms with Crippen LogP contribution in [0.5, 0.6) is 0 Å². The Kier molecular flexibility index (Phi) is 3.44. The molecule has 0 aromatic rings. The van der Waals surface area contributed by atoms with E-state index < -0.39 is 12.1 Å². The molecule has 0 spiro atoms. The summed E-state index contributed by atoms with van der Waals surface area (Å²) in [7, 11) is 0. The Morgan fingerprint density at radius 3 is 2.93 bits per heavy atom. The van der Waals surface area contributed by atoms with E-state index in [2.05, 4.69) is 4.74 Å². The van der Waals surface area contributed by atoms with E-state index in [4.69, 9.17) is 4.74 Å². The minimum absolute atomic E-state index is 0.285. The van der Waals surface area contributed by atoms with Gasteiger partial charge in [0.05, 0.1) is 5.60 Å². The Hall–Kier alpha value is -1.12. The molecular formula is C10H14O4. The Morgan fingerprint density at radius 1 is 1.64 bits per heavy atom. The summed E-state index contributed by atoms with van der Waals surface area (Å²) in [6, 6.07) is 0. The second-order valence-corrected chi connectivity index (χ2v) is 3.93. The highest BCUT2D eigenvalue weighted by molar-refractivity contribution is 5.76. The average molecular weight is 198 g/mol. The van der Waals surface area contributed by atoms with Crippen LogP contribution in [-0.4, -0.2) is 23.6 Å². The molecule has 0 bridgehead atoms. The monoisotopic (exact) mass is 198 g/mol. The highest BCUT2D eigenvalue weighted by atomic mass is 16.6. The lowest BCUT2D eigenvalue weighted by Gasteiger charge is -2.34. The van der Waals surface area contributed by atoms with Crippen LogP contribution in [0.15, 0.2) is 6.26 Å². The van der Waals surface area contributed by atoms with Gasteiger partial charge in [-0.25, -0.2) is 9.59 Å². The van der Waals surface area contributed by atoms with E-state index in [1.54, 1.807) is 0 Å². The van der Waals surface area contributed by atoms with Crippen LogP contribution in [0.2, 0.25) is 0 Å². The molecule has 78 valence electrons. The summed E-state index contributed by atoms with van der Waals surface area (Å²) in [4.78, 5) is 21.1. The second-order valence-electron chi connectivity index (χ2n) is 3.93. The van der Waals surface area contributed by atoms with Crippen LogP contribution in [0, 0.1) is 0 Å². The highest BCUT2D eigenvalue weighted by Crippen LogP contribution is 2.28. The summed E-state index contributed by atoms with van der Waals surface area (Å²) in [5, 5.41) is 0. The first kappa shape index (κ1) is 11.0. The van der Waals surface area contributed by atoms with Gasteiger partial charge in [0.1, 0.15) is 0 Å². The molecule has 1 heterocycles. The topological polar surface area (TPSA) is 52.6 Å². The molecule has 1 unspecified atom stereocenters. The molecule has 0 aromatic carbocycles. The number of ether oxygens (including phenoxy) is 2. The standard InChI is InChI=1S/C10H14O4/c1-10(2)5-3-4-8(14-10)9(12)13-7-6-11/h7-8H,3-5H2,1-2H3. The Morgan fingerprint density at radius 2 is 2.36 bits per heavy atom. The zero-order chi connectivity index (χ0) is 10.6. The quantitative estimate of drug-likeness (QED) is 0.380. The zero-order valence-corrected chi connectivity index (χ0v) is 8.41. The first-order valence-electron chi connectivity index (χ1n) is 4.63. The molecule has 1 saturated heterocycles. The number of hydrogen-bond donors (Lipinski definition) is 0. The van der Waals surface area contributed by atoms with E-state index in [9.17, 15) is 9.59 Å². The maximum absolute atomic E-state index is 11.3. The molecule has 1 fully saturated rings. The van der Waals surface area contributed by atoms with Crippen molar-refractivity contribution in [2.24, 2.45) is 0 Å². The molecule has 14 heavy (non-hydrogen) atoms. The molecule has 1 rings (SSSR count). The molecule has 0 saturated carbocycles. The molecule has 0 radical (unpaired) electrons. The van der Waals surface area contributed by atoms with Gasteiger partial charge in [-0.1, -0.05) is 0 Å². The summed E-state index contributed by atoms with van der Waals surface area (Å²) in [6.45, 7) is 3.87. The largest absolute Gasteiger partial charge is 0.421 e. The Labute approximate surface area is 82.9 Å². The lowest BCUT2D eigenvalue weighted by atomic mass is 9.95. The van der Waals surface area contributed by atoms with Crippen LogP contribution >= 0.6 is 0 Å². The van der Waals surface area contributed by atoms with Crippen LogP contribution in [0.3, 0.4) is 0 Å². The fourth-order valence-corrected chi connectivity index (χ4v) is 1.54. The van der Waals surface area contributed by atoms with Gasteiger partial charge in [-0.2, -0.15) is 0 Å². The fourth-order valence-electron chi connectivity index (χ4n) is 1.54. The van der Waals surface area contributed by atoms with Gasteiger partial charge in [-0.05, 0) is 33.1 Å². The van der Waals surface area contributed by atoms with Crippen molar-refractivity contribution in [2.75, 3.05) is 0 Å². The van der Waals surface area contributed by atoms with Crippen LogP contribution in [-0.2, 0) is 19.1 Å². The summed E-state index contributed by atoms with van der Waals surface area (Å²) in [5.74, 6) is 0.872. The van der Waals surface area contributed by atoms with Crippen LogP contribution in [0.25, 0.3) is 0 Å². The molecule has 1 atom stereocenters. The maximum Gasteiger partial charge on any atom is 0.340 e. The number of rotatable bonds is 2. The second kappa shape index (κ2) is 4.40. The summed E-state index contributed by atoms with van der Waals surface area (Å²) in [5.41, 5.74) is -0.285. The van der Waals surface area contributed by atoms with E-state index in [1.807, 2.05) is 13.8 Å². The highest BCUT2D eigenvalue weighted by Gasteiger charge is 2.33. The van der Waals surface area contributed by atoms with Gasteiger partial charge < -0.3 is 9.47 Å². The summed E-state index contributed by atoms with van der Waals surface area (Å²) < 4.78 is 10.0. The molecule has 0 amide bonds. The maximum atomic E-state index is 11.3. The van der Waals surface area contributed by atoms with Crippen molar-refractivity contribution in [3.05, 3.63) is 6.26 Å². The van der Waals surface area contributed by atoms with Gasteiger partial charge in [0, 0.05) is 0 Å². The third kappa shape index (κ3) is 2.98. The number of esters is 1. The van der Waals surface area contributed by atoms with Gasteiger partial charge >= 0.3 is 5.97 Å². The number of hydrogen-bond acceptors (Lipinski definition) is 4. The zero-order valence-electron chi connectivity index (χ0n) is 8.41. The first-order chi connectivity index (χ1) is 6.55.